The van der Waals surface area contributed by atoms with E-state index in [1.165, 1.54) is 37.7 Å². The summed E-state index contributed by atoms with van der Waals surface area (Å²) in [7, 11) is 2.88. The van der Waals surface area contributed by atoms with E-state index in [1.807, 2.05) is 12.3 Å². The number of aliphatic hydroxyl groups is 1. The van der Waals surface area contributed by atoms with Crippen molar-refractivity contribution in [2.24, 2.45) is 0 Å². The summed E-state index contributed by atoms with van der Waals surface area (Å²) < 4.78 is 24.2. The SMILES string of the molecule is COc1cc(F)c(C(O)c2scc(C)c2Cl)cc1OC. The molecule has 20 heavy (non-hydrogen) atoms. The van der Waals surface area contributed by atoms with Crippen molar-refractivity contribution in [3.63, 3.8) is 0 Å². The summed E-state index contributed by atoms with van der Waals surface area (Å²) in [4.78, 5) is 0.510. The molecule has 1 heterocycles. The summed E-state index contributed by atoms with van der Waals surface area (Å²) in [5.74, 6) is 0.0547. The van der Waals surface area contributed by atoms with Crippen LogP contribution in [0.15, 0.2) is 17.5 Å². The molecule has 1 N–H and O–H groups in total. The van der Waals surface area contributed by atoms with Crippen LogP contribution in [0, 0.1) is 12.7 Å². The molecule has 0 aliphatic carbocycles. The predicted molar refractivity (Wildman–Crippen MR) is 77.6 cm³/mol. The molecule has 2 aromatic rings. The molecule has 0 bridgehead atoms. The summed E-state index contributed by atoms with van der Waals surface area (Å²) in [6.07, 6.45) is -1.14. The minimum Gasteiger partial charge on any atom is -0.493 e. The highest BCUT2D eigenvalue weighted by Crippen LogP contribution is 2.39. The lowest BCUT2D eigenvalue weighted by Crippen LogP contribution is -2.03. The number of hydrogen-bond donors (Lipinski definition) is 1. The van der Waals surface area contributed by atoms with Gasteiger partial charge in [-0.3, -0.25) is 0 Å². The van der Waals surface area contributed by atoms with Gasteiger partial charge in [0.15, 0.2) is 11.5 Å². The van der Waals surface area contributed by atoms with Crippen LogP contribution in [0.2, 0.25) is 5.02 Å². The summed E-state index contributed by atoms with van der Waals surface area (Å²) >= 11 is 7.40. The molecule has 1 aromatic heterocycles. The van der Waals surface area contributed by atoms with Gasteiger partial charge >= 0.3 is 0 Å². The average Bonchev–Trinajstić information content (AvgIpc) is 2.78. The minimum atomic E-state index is -1.14. The van der Waals surface area contributed by atoms with Crippen LogP contribution in [0.4, 0.5) is 4.39 Å². The van der Waals surface area contributed by atoms with Crippen LogP contribution in [0.1, 0.15) is 22.1 Å². The fraction of sp³-hybridized carbons (Fsp3) is 0.286. The van der Waals surface area contributed by atoms with Crippen molar-refractivity contribution in [1.29, 1.82) is 0 Å². The standard InChI is InChI=1S/C14H14ClFO3S/c1-7-6-20-14(12(7)15)13(17)8-4-10(18-2)11(19-3)5-9(8)16/h4-6,13,17H,1-3H3. The normalized spacial score (nSPS) is 12.3. The zero-order chi connectivity index (χ0) is 14.9. The lowest BCUT2D eigenvalue weighted by Gasteiger charge is -2.15. The van der Waals surface area contributed by atoms with Crippen LogP contribution >= 0.6 is 22.9 Å². The van der Waals surface area contributed by atoms with Gasteiger partial charge in [0.2, 0.25) is 0 Å². The molecule has 1 unspecified atom stereocenters. The van der Waals surface area contributed by atoms with Gasteiger partial charge in [0.1, 0.15) is 11.9 Å². The number of hydrogen-bond acceptors (Lipinski definition) is 4. The first-order valence-electron chi connectivity index (χ1n) is 5.82. The predicted octanol–water partition coefficient (Wildman–Crippen LogP) is 3.95. The van der Waals surface area contributed by atoms with Crippen LogP contribution < -0.4 is 9.47 Å². The first-order chi connectivity index (χ1) is 9.49. The molecule has 1 aromatic carbocycles. The van der Waals surface area contributed by atoms with Crippen molar-refractivity contribution < 1.29 is 19.0 Å². The quantitative estimate of drug-likeness (QED) is 0.928. The second kappa shape index (κ2) is 5.99. The first kappa shape index (κ1) is 15.1. The van der Waals surface area contributed by atoms with Crippen molar-refractivity contribution in [2.45, 2.75) is 13.0 Å². The Balaban J connectivity index is 2.49. The van der Waals surface area contributed by atoms with E-state index in [1.54, 1.807) is 0 Å². The largest absolute Gasteiger partial charge is 0.493 e. The van der Waals surface area contributed by atoms with Gasteiger partial charge in [-0.25, -0.2) is 4.39 Å². The Kier molecular flexibility index (Phi) is 4.52. The molecule has 1 atom stereocenters. The highest BCUT2D eigenvalue weighted by atomic mass is 35.5. The second-order valence-corrected chi connectivity index (χ2v) is 5.52. The van der Waals surface area contributed by atoms with Crippen LogP contribution in [0.25, 0.3) is 0 Å². The Morgan fingerprint density at radius 1 is 1.25 bits per heavy atom. The molecule has 0 fully saturated rings. The van der Waals surface area contributed by atoms with Gasteiger partial charge in [0.25, 0.3) is 0 Å². The van der Waals surface area contributed by atoms with Crippen molar-refractivity contribution in [2.75, 3.05) is 14.2 Å². The molecule has 0 spiro atoms. The van der Waals surface area contributed by atoms with Crippen molar-refractivity contribution in [3.8, 4) is 11.5 Å². The smallest absolute Gasteiger partial charge is 0.163 e. The van der Waals surface area contributed by atoms with Gasteiger partial charge in [0.05, 0.1) is 24.1 Å². The molecular formula is C14H14ClFO3S. The minimum absolute atomic E-state index is 0.103. The maximum absolute atomic E-state index is 14.1. The maximum atomic E-state index is 14.1. The Hall–Kier alpha value is -1.30. The number of benzene rings is 1. The monoisotopic (exact) mass is 316 g/mol. The Bertz CT molecular complexity index is 627. The van der Waals surface area contributed by atoms with E-state index in [0.717, 1.165) is 5.56 Å². The molecule has 2 rings (SSSR count). The lowest BCUT2D eigenvalue weighted by molar-refractivity contribution is 0.217. The number of thiophene rings is 1. The maximum Gasteiger partial charge on any atom is 0.163 e. The zero-order valence-electron chi connectivity index (χ0n) is 11.2. The zero-order valence-corrected chi connectivity index (χ0v) is 12.8. The van der Waals surface area contributed by atoms with Crippen LogP contribution in [-0.2, 0) is 0 Å². The van der Waals surface area contributed by atoms with Crippen LogP contribution in [-0.4, -0.2) is 19.3 Å². The lowest BCUT2D eigenvalue weighted by atomic mass is 10.1. The van der Waals surface area contributed by atoms with Crippen molar-refractivity contribution >= 4 is 22.9 Å². The van der Waals surface area contributed by atoms with Crippen LogP contribution in [0.3, 0.4) is 0 Å². The third-order valence-electron chi connectivity index (χ3n) is 2.97. The number of rotatable bonds is 4. The van der Waals surface area contributed by atoms with E-state index in [9.17, 15) is 9.50 Å². The van der Waals surface area contributed by atoms with Gasteiger partial charge in [-0.2, -0.15) is 0 Å². The first-order valence-corrected chi connectivity index (χ1v) is 7.08. The van der Waals surface area contributed by atoms with E-state index in [4.69, 9.17) is 21.1 Å². The summed E-state index contributed by atoms with van der Waals surface area (Å²) in [6.45, 7) is 1.83. The molecule has 0 amide bonds. The van der Waals surface area contributed by atoms with E-state index in [2.05, 4.69) is 0 Å². The summed E-state index contributed by atoms with van der Waals surface area (Å²) in [5, 5.41) is 12.6. The Morgan fingerprint density at radius 2 is 1.85 bits per heavy atom. The van der Waals surface area contributed by atoms with Gasteiger partial charge in [-0.15, -0.1) is 11.3 Å². The molecule has 6 heteroatoms. The molecular weight excluding hydrogens is 303 g/mol. The molecule has 0 saturated heterocycles. The van der Waals surface area contributed by atoms with E-state index in [-0.39, 0.29) is 11.3 Å². The van der Waals surface area contributed by atoms with Gasteiger partial charge in [-0.1, -0.05) is 11.6 Å². The molecule has 0 radical (unpaired) electrons. The number of ether oxygens (including phenoxy) is 2. The summed E-state index contributed by atoms with van der Waals surface area (Å²) in [6, 6.07) is 2.61. The molecule has 0 aliphatic rings. The highest BCUT2D eigenvalue weighted by molar-refractivity contribution is 7.10. The molecule has 0 saturated carbocycles. The van der Waals surface area contributed by atoms with E-state index < -0.39 is 11.9 Å². The number of methoxy groups -OCH3 is 2. The fourth-order valence-electron chi connectivity index (χ4n) is 1.85. The fourth-order valence-corrected chi connectivity index (χ4v) is 3.15. The van der Waals surface area contributed by atoms with Crippen LogP contribution in [0.5, 0.6) is 11.5 Å². The van der Waals surface area contributed by atoms with Crippen molar-refractivity contribution in [1.82, 2.24) is 0 Å². The Morgan fingerprint density at radius 3 is 2.35 bits per heavy atom. The van der Waals surface area contributed by atoms with Gasteiger partial charge in [-0.05, 0) is 23.9 Å². The van der Waals surface area contributed by atoms with Gasteiger partial charge < -0.3 is 14.6 Å². The molecule has 3 nitrogen and oxygen atoms in total. The molecule has 0 aliphatic heterocycles. The number of halogens is 2. The molecule has 108 valence electrons. The highest BCUT2D eigenvalue weighted by Gasteiger charge is 2.22. The topological polar surface area (TPSA) is 38.7 Å². The number of aryl methyl sites for hydroxylation is 1. The third-order valence-corrected chi connectivity index (χ3v) is 4.74. The number of aliphatic hydroxyl groups excluding tert-OH is 1. The van der Waals surface area contributed by atoms with Gasteiger partial charge in [0, 0.05) is 11.6 Å². The van der Waals surface area contributed by atoms with E-state index in [0.29, 0.717) is 15.6 Å². The Labute approximate surface area is 125 Å². The van der Waals surface area contributed by atoms with Crippen molar-refractivity contribution in [3.05, 3.63) is 44.4 Å². The average molecular weight is 317 g/mol. The summed E-state index contributed by atoms with van der Waals surface area (Å²) in [5.41, 5.74) is 0.956. The third kappa shape index (κ3) is 2.61. The second-order valence-electron chi connectivity index (χ2n) is 4.23. The van der Waals surface area contributed by atoms with E-state index >= 15 is 0 Å².